The molecule has 124 valence electrons. The number of nitrogens with two attached hydrogens (primary N) is 1. The Morgan fingerprint density at radius 3 is 2.59 bits per heavy atom. The third-order valence-corrected chi connectivity index (χ3v) is 2.71. The maximum absolute atomic E-state index is 12.9. The van der Waals surface area contributed by atoms with E-state index in [0.717, 1.165) is 0 Å². The summed E-state index contributed by atoms with van der Waals surface area (Å²) in [5.74, 6) is -3.85. The molecule has 0 heterocycles. The summed E-state index contributed by atoms with van der Waals surface area (Å²) in [7, 11) is 1.46. The van der Waals surface area contributed by atoms with Crippen LogP contribution in [0.5, 0.6) is 0 Å². The van der Waals surface area contributed by atoms with Crippen molar-refractivity contribution < 1.29 is 18.5 Å². The van der Waals surface area contributed by atoms with E-state index in [1.807, 2.05) is 5.32 Å². The van der Waals surface area contributed by atoms with Crippen molar-refractivity contribution in [2.45, 2.75) is 5.92 Å². The van der Waals surface area contributed by atoms with Gasteiger partial charge in [0.05, 0.1) is 24.6 Å². The van der Waals surface area contributed by atoms with Gasteiger partial charge in [-0.15, -0.1) is 12.4 Å². The molecule has 22 heavy (non-hydrogen) atoms. The van der Waals surface area contributed by atoms with Gasteiger partial charge in [0.15, 0.2) is 0 Å². The van der Waals surface area contributed by atoms with E-state index in [2.05, 4.69) is 0 Å². The number of anilines is 1. The summed E-state index contributed by atoms with van der Waals surface area (Å²) in [4.78, 5) is 23.2. The molecule has 1 rings (SSSR count). The molecule has 0 unspecified atom stereocenters. The van der Waals surface area contributed by atoms with E-state index in [-0.39, 0.29) is 30.3 Å². The average Bonchev–Trinajstić information content (AvgIpc) is 2.45. The minimum Gasteiger partial charge on any atom is -0.360 e. The van der Waals surface area contributed by atoms with Crippen LogP contribution in [0.15, 0.2) is 24.3 Å². The predicted octanol–water partition coefficient (Wildman–Crippen LogP) is 1.16. The second-order valence-corrected chi connectivity index (χ2v) is 4.44. The molecule has 0 bridgehead atoms. The number of likely N-dealkylation sites (N-methyl/N-ethyl adjacent to an activating group) is 1. The summed E-state index contributed by atoms with van der Waals surface area (Å²) < 4.78 is 25.8. The van der Waals surface area contributed by atoms with Crippen molar-refractivity contribution >= 4 is 29.7 Å². The number of amides is 1. The van der Waals surface area contributed by atoms with Crippen molar-refractivity contribution in [1.29, 1.82) is 0 Å². The summed E-state index contributed by atoms with van der Waals surface area (Å²) in [5.41, 5.74) is 4.91. The van der Waals surface area contributed by atoms with E-state index in [1.54, 1.807) is 6.07 Å². The molecule has 0 saturated carbocycles. The van der Waals surface area contributed by atoms with E-state index in [1.165, 1.54) is 30.1 Å². The maximum atomic E-state index is 12.9. The van der Waals surface area contributed by atoms with Gasteiger partial charge in [0.1, 0.15) is 5.69 Å². The molecular formula is C12H17ClF2N4O3. The second-order valence-electron chi connectivity index (χ2n) is 4.44. The molecule has 1 aromatic rings. The molecule has 0 aliphatic carbocycles. The Kier molecular flexibility index (Phi) is 7.68. The fourth-order valence-corrected chi connectivity index (χ4v) is 1.60. The van der Waals surface area contributed by atoms with Gasteiger partial charge in [0, 0.05) is 13.1 Å². The van der Waals surface area contributed by atoms with Crippen molar-refractivity contribution in [3.63, 3.8) is 0 Å². The molecule has 1 amide bonds. The van der Waals surface area contributed by atoms with Gasteiger partial charge in [-0.3, -0.25) is 14.9 Å². The van der Waals surface area contributed by atoms with Gasteiger partial charge in [-0.2, -0.15) is 0 Å². The summed E-state index contributed by atoms with van der Waals surface area (Å²) in [6, 6.07) is 5.85. The van der Waals surface area contributed by atoms with Crippen LogP contribution >= 0.6 is 12.4 Å². The number of hydrogen-bond donors (Lipinski definition) is 2. The number of rotatable bonds is 7. The summed E-state index contributed by atoms with van der Waals surface area (Å²) in [6.07, 6.45) is 0. The summed E-state index contributed by atoms with van der Waals surface area (Å²) in [6.45, 7) is -2.02. The standard InChI is InChI=1S/C12H16F2N4O3.ClH/c1-17(6-11(19)16-8-12(13,14)7-15)9-4-2-3-5-10(9)18(20)21;/h2-5H,6-8,15H2,1H3,(H,16,19);1H. The summed E-state index contributed by atoms with van der Waals surface area (Å²) in [5, 5.41) is 12.9. The molecule has 10 heteroatoms. The number of nitro benzene ring substituents is 1. The highest BCUT2D eigenvalue weighted by atomic mass is 35.5. The topological polar surface area (TPSA) is 102 Å². The van der Waals surface area contributed by atoms with E-state index >= 15 is 0 Å². The third kappa shape index (κ3) is 5.78. The van der Waals surface area contributed by atoms with Crippen molar-refractivity contribution in [3.05, 3.63) is 34.4 Å². The van der Waals surface area contributed by atoms with E-state index < -0.39 is 29.8 Å². The lowest BCUT2D eigenvalue weighted by atomic mass is 10.2. The third-order valence-electron chi connectivity index (χ3n) is 2.71. The van der Waals surface area contributed by atoms with Gasteiger partial charge in [0.25, 0.3) is 11.6 Å². The highest BCUT2D eigenvalue weighted by Crippen LogP contribution is 2.26. The van der Waals surface area contributed by atoms with Crippen molar-refractivity contribution in [3.8, 4) is 0 Å². The number of para-hydroxylation sites is 2. The Labute approximate surface area is 132 Å². The van der Waals surface area contributed by atoms with Crippen LogP contribution in [0.4, 0.5) is 20.2 Å². The van der Waals surface area contributed by atoms with Crippen LogP contribution < -0.4 is 16.0 Å². The molecule has 0 aliphatic rings. The molecule has 1 aromatic carbocycles. The molecule has 7 nitrogen and oxygen atoms in total. The van der Waals surface area contributed by atoms with Crippen LogP contribution in [0.1, 0.15) is 0 Å². The molecule has 3 N–H and O–H groups in total. The average molecular weight is 339 g/mol. The first-order valence-corrected chi connectivity index (χ1v) is 6.06. The van der Waals surface area contributed by atoms with Crippen LogP contribution in [0.25, 0.3) is 0 Å². The van der Waals surface area contributed by atoms with E-state index in [4.69, 9.17) is 5.73 Å². The number of nitrogens with one attached hydrogen (secondary N) is 1. The normalized spacial score (nSPS) is 10.5. The van der Waals surface area contributed by atoms with Crippen molar-refractivity contribution in [1.82, 2.24) is 5.32 Å². The quantitative estimate of drug-likeness (QED) is 0.574. The number of halogens is 3. The zero-order chi connectivity index (χ0) is 16.0. The van der Waals surface area contributed by atoms with Crippen molar-refractivity contribution in [2.24, 2.45) is 5.73 Å². The number of carbonyl (C=O) groups is 1. The highest BCUT2D eigenvalue weighted by Gasteiger charge is 2.27. The van der Waals surface area contributed by atoms with Crippen LogP contribution in [0.3, 0.4) is 0 Å². The molecule has 0 saturated heterocycles. The SMILES string of the molecule is CN(CC(=O)NCC(F)(F)CN)c1ccccc1[N+](=O)[O-].Cl. The zero-order valence-electron chi connectivity index (χ0n) is 11.8. The molecule has 0 fully saturated rings. The fourth-order valence-electron chi connectivity index (χ4n) is 1.60. The second kappa shape index (κ2) is 8.44. The minimum absolute atomic E-state index is 0. The van der Waals surface area contributed by atoms with Crippen molar-refractivity contribution in [2.75, 3.05) is 31.6 Å². The Morgan fingerprint density at radius 2 is 2.05 bits per heavy atom. The van der Waals surface area contributed by atoms with Gasteiger partial charge >= 0.3 is 0 Å². The molecule has 0 radical (unpaired) electrons. The fraction of sp³-hybridized carbons (Fsp3) is 0.417. The molecule has 0 aromatic heterocycles. The highest BCUT2D eigenvalue weighted by molar-refractivity contribution is 5.85. The van der Waals surface area contributed by atoms with Gasteiger partial charge in [-0.25, -0.2) is 8.78 Å². The first-order chi connectivity index (χ1) is 9.76. The first-order valence-electron chi connectivity index (χ1n) is 6.06. The number of carbonyl (C=O) groups excluding carboxylic acids is 1. The Bertz CT molecular complexity index is 531. The Morgan fingerprint density at radius 1 is 1.45 bits per heavy atom. The zero-order valence-corrected chi connectivity index (χ0v) is 12.6. The van der Waals surface area contributed by atoms with E-state index in [9.17, 15) is 23.7 Å². The predicted molar refractivity (Wildman–Crippen MR) is 80.6 cm³/mol. The van der Waals surface area contributed by atoms with E-state index in [0.29, 0.717) is 0 Å². The monoisotopic (exact) mass is 338 g/mol. The van der Waals surface area contributed by atoms with Gasteiger partial charge in [-0.1, -0.05) is 12.1 Å². The van der Waals surface area contributed by atoms with Crippen LogP contribution in [0.2, 0.25) is 0 Å². The number of benzene rings is 1. The Hall–Kier alpha value is -2.00. The largest absolute Gasteiger partial charge is 0.360 e. The molecular weight excluding hydrogens is 322 g/mol. The lowest BCUT2D eigenvalue weighted by molar-refractivity contribution is -0.384. The number of hydrogen-bond acceptors (Lipinski definition) is 5. The van der Waals surface area contributed by atoms with Gasteiger partial charge in [-0.05, 0) is 6.07 Å². The van der Waals surface area contributed by atoms with Gasteiger partial charge < -0.3 is 16.0 Å². The van der Waals surface area contributed by atoms with Crippen LogP contribution in [0, 0.1) is 10.1 Å². The molecule has 0 aliphatic heterocycles. The Balaban J connectivity index is 0.00000441. The lowest BCUT2D eigenvalue weighted by Crippen LogP contribution is -2.44. The number of alkyl halides is 2. The maximum Gasteiger partial charge on any atom is 0.292 e. The van der Waals surface area contributed by atoms with Crippen LogP contribution in [-0.2, 0) is 4.79 Å². The minimum atomic E-state index is -3.17. The smallest absolute Gasteiger partial charge is 0.292 e. The number of nitro groups is 1. The van der Waals surface area contributed by atoms with Crippen LogP contribution in [-0.4, -0.2) is 43.4 Å². The molecule has 0 spiro atoms. The summed E-state index contributed by atoms with van der Waals surface area (Å²) >= 11 is 0. The lowest BCUT2D eigenvalue weighted by Gasteiger charge is -2.20. The number of nitrogens with zero attached hydrogens (tertiary/aromatic N) is 2. The molecule has 0 atom stereocenters. The van der Waals surface area contributed by atoms with Gasteiger partial charge in [0.2, 0.25) is 5.91 Å². The first kappa shape index (κ1) is 20.0.